The molecule has 1 aliphatic rings. The van der Waals surface area contributed by atoms with E-state index in [2.05, 4.69) is 10.2 Å². The number of benzene rings is 3. The highest BCUT2D eigenvalue weighted by molar-refractivity contribution is 7.15. The molecule has 1 amide bonds. The molecule has 0 bridgehead atoms. The van der Waals surface area contributed by atoms with Crippen molar-refractivity contribution in [1.82, 2.24) is 10.2 Å². The standard InChI is InChI=1S/C26H18ClN3O4S/c1-15-28-29-26(35-15)30-22(17-6-5-9-20(14-17)34-19-7-3-2-4-8-19)21(24(32)25(30)33)23(31)16-10-12-18(27)13-11-16/h2-14,22,31H,1H3/t22-/m1/s1. The van der Waals surface area contributed by atoms with Gasteiger partial charge in [0.05, 0.1) is 11.6 Å². The Hall–Kier alpha value is -4.01. The molecule has 5 rings (SSSR count). The summed E-state index contributed by atoms with van der Waals surface area (Å²) in [5.41, 5.74) is 0.880. The normalized spacial score (nSPS) is 17.1. The maximum absolute atomic E-state index is 13.2. The van der Waals surface area contributed by atoms with Crippen LogP contribution in [0.5, 0.6) is 11.5 Å². The first kappa shape index (κ1) is 22.8. The summed E-state index contributed by atoms with van der Waals surface area (Å²) in [5.74, 6) is -0.761. The van der Waals surface area contributed by atoms with E-state index in [1.165, 1.54) is 16.2 Å². The van der Waals surface area contributed by atoms with Crippen LogP contribution in [0.1, 0.15) is 22.2 Å². The van der Waals surface area contributed by atoms with Crippen LogP contribution in [0.3, 0.4) is 0 Å². The highest BCUT2D eigenvalue weighted by Gasteiger charge is 2.48. The van der Waals surface area contributed by atoms with Crippen molar-refractivity contribution >= 4 is 45.5 Å². The number of aliphatic hydroxyl groups is 1. The molecule has 174 valence electrons. The van der Waals surface area contributed by atoms with Crippen LogP contribution >= 0.6 is 22.9 Å². The van der Waals surface area contributed by atoms with E-state index in [-0.39, 0.29) is 16.5 Å². The van der Waals surface area contributed by atoms with Crippen LogP contribution in [-0.4, -0.2) is 27.0 Å². The first-order valence-electron chi connectivity index (χ1n) is 10.6. The second-order valence-electron chi connectivity index (χ2n) is 7.77. The molecule has 7 nitrogen and oxygen atoms in total. The number of halogens is 1. The molecule has 0 radical (unpaired) electrons. The van der Waals surface area contributed by atoms with Gasteiger partial charge in [-0.1, -0.05) is 53.3 Å². The Bertz CT molecular complexity index is 1450. The summed E-state index contributed by atoms with van der Waals surface area (Å²) in [4.78, 5) is 27.7. The van der Waals surface area contributed by atoms with Crippen LogP contribution in [0.4, 0.5) is 5.13 Å². The topological polar surface area (TPSA) is 92.6 Å². The lowest BCUT2D eigenvalue weighted by Crippen LogP contribution is -2.29. The van der Waals surface area contributed by atoms with E-state index in [0.717, 1.165) is 0 Å². The zero-order valence-electron chi connectivity index (χ0n) is 18.4. The Morgan fingerprint density at radius 1 is 0.971 bits per heavy atom. The number of carbonyl (C=O) groups excluding carboxylic acids is 2. The molecule has 4 aromatic rings. The number of ether oxygens (including phenoxy) is 1. The van der Waals surface area contributed by atoms with Crippen molar-refractivity contribution < 1.29 is 19.4 Å². The molecule has 1 aliphatic heterocycles. The average Bonchev–Trinajstić information content (AvgIpc) is 3.40. The Labute approximate surface area is 209 Å². The van der Waals surface area contributed by atoms with Gasteiger partial charge in [-0.3, -0.25) is 14.5 Å². The molecule has 2 heterocycles. The smallest absolute Gasteiger partial charge is 0.301 e. The second kappa shape index (κ2) is 9.32. The number of aryl methyl sites for hydroxylation is 1. The van der Waals surface area contributed by atoms with Crippen molar-refractivity contribution in [3.63, 3.8) is 0 Å². The molecule has 1 atom stereocenters. The number of hydrogen-bond donors (Lipinski definition) is 1. The Kier molecular flexibility index (Phi) is 6.07. The average molecular weight is 504 g/mol. The number of amides is 1. The lowest BCUT2D eigenvalue weighted by Gasteiger charge is -2.23. The quantitative estimate of drug-likeness (QED) is 0.206. The van der Waals surface area contributed by atoms with Crippen LogP contribution in [0.25, 0.3) is 5.76 Å². The van der Waals surface area contributed by atoms with E-state index in [1.54, 1.807) is 55.5 Å². The van der Waals surface area contributed by atoms with Gasteiger partial charge >= 0.3 is 5.91 Å². The van der Waals surface area contributed by atoms with Crippen molar-refractivity contribution in [3.8, 4) is 11.5 Å². The van der Waals surface area contributed by atoms with E-state index in [1.807, 2.05) is 30.3 Å². The van der Waals surface area contributed by atoms with Crippen molar-refractivity contribution in [2.24, 2.45) is 0 Å². The fraction of sp³-hybridized carbons (Fsp3) is 0.0769. The van der Waals surface area contributed by atoms with Gasteiger partial charge < -0.3 is 9.84 Å². The first-order chi connectivity index (χ1) is 16.9. The zero-order chi connectivity index (χ0) is 24.5. The molecule has 1 aromatic heterocycles. The maximum Gasteiger partial charge on any atom is 0.301 e. The SMILES string of the molecule is Cc1nnc(N2C(=O)C(=O)C(=C(O)c3ccc(Cl)cc3)[C@H]2c2cccc(Oc3ccccc3)c2)s1. The van der Waals surface area contributed by atoms with Crippen LogP contribution in [0.15, 0.2) is 84.4 Å². The minimum atomic E-state index is -0.933. The van der Waals surface area contributed by atoms with Crippen LogP contribution in [0.2, 0.25) is 5.02 Å². The van der Waals surface area contributed by atoms with Crippen LogP contribution in [0, 0.1) is 6.92 Å². The number of aromatic nitrogens is 2. The van der Waals surface area contributed by atoms with Gasteiger partial charge in [-0.25, -0.2) is 0 Å². The number of rotatable bonds is 5. The molecular weight excluding hydrogens is 486 g/mol. The Morgan fingerprint density at radius 2 is 1.69 bits per heavy atom. The van der Waals surface area contributed by atoms with Gasteiger partial charge in [-0.2, -0.15) is 0 Å². The molecule has 3 aromatic carbocycles. The van der Waals surface area contributed by atoms with Crippen molar-refractivity contribution in [2.75, 3.05) is 4.90 Å². The van der Waals surface area contributed by atoms with Gasteiger partial charge in [-0.05, 0) is 61.0 Å². The molecule has 1 fully saturated rings. The number of hydrogen-bond acceptors (Lipinski definition) is 7. The van der Waals surface area contributed by atoms with Gasteiger partial charge in [-0.15, -0.1) is 10.2 Å². The molecule has 0 unspecified atom stereocenters. The number of nitrogens with zero attached hydrogens (tertiary/aromatic N) is 3. The monoisotopic (exact) mass is 503 g/mol. The number of aliphatic hydroxyl groups excluding tert-OH is 1. The summed E-state index contributed by atoms with van der Waals surface area (Å²) in [6.45, 7) is 1.76. The Balaban J connectivity index is 1.65. The van der Waals surface area contributed by atoms with E-state index < -0.39 is 17.7 Å². The summed E-state index contributed by atoms with van der Waals surface area (Å²) in [6, 6.07) is 21.7. The molecule has 0 spiro atoms. The number of para-hydroxylation sites is 1. The third-order valence-corrected chi connectivity index (χ3v) is 6.53. The number of Topliss-reactive ketones (excluding diaryl/α,β-unsaturated/α-hetero) is 1. The molecule has 0 saturated carbocycles. The number of anilines is 1. The largest absolute Gasteiger partial charge is 0.507 e. The number of carbonyl (C=O) groups is 2. The van der Waals surface area contributed by atoms with Gasteiger partial charge in [0.15, 0.2) is 0 Å². The Morgan fingerprint density at radius 3 is 2.37 bits per heavy atom. The fourth-order valence-corrected chi connectivity index (χ4v) is 4.70. The second-order valence-corrected chi connectivity index (χ2v) is 9.36. The number of ketones is 1. The highest BCUT2D eigenvalue weighted by Crippen LogP contribution is 2.43. The van der Waals surface area contributed by atoms with E-state index in [4.69, 9.17) is 16.3 Å². The molecule has 1 N–H and O–H groups in total. The molecule has 0 aliphatic carbocycles. The molecule has 1 saturated heterocycles. The van der Waals surface area contributed by atoms with Gasteiger partial charge in [0.25, 0.3) is 5.78 Å². The van der Waals surface area contributed by atoms with Crippen molar-refractivity contribution in [2.45, 2.75) is 13.0 Å². The van der Waals surface area contributed by atoms with Gasteiger partial charge in [0, 0.05) is 10.6 Å². The van der Waals surface area contributed by atoms with Crippen molar-refractivity contribution in [1.29, 1.82) is 0 Å². The van der Waals surface area contributed by atoms with E-state index in [0.29, 0.717) is 32.7 Å². The summed E-state index contributed by atoms with van der Waals surface area (Å²) < 4.78 is 5.96. The zero-order valence-corrected chi connectivity index (χ0v) is 20.0. The van der Waals surface area contributed by atoms with Crippen LogP contribution < -0.4 is 9.64 Å². The molecule has 9 heteroatoms. The minimum absolute atomic E-state index is 0.0537. The third-order valence-electron chi connectivity index (χ3n) is 5.44. The summed E-state index contributed by atoms with van der Waals surface area (Å²) >= 11 is 7.17. The molecule has 35 heavy (non-hydrogen) atoms. The van der Waals surface area contributed by atoms with Crippen LogP contribution in [-0.2, 0) is 9.59 Å². The minimum Gasteiger partial charge on any atom is -0.507 e. The van der Waals surface area contributed by atoms with E-state index >= 15 is 0 Å². The van der Waals surface area contributed by atoms with Gasteiger partial charge in [0.1, 0.15) is 22.3 Å². The lowest BCUT2D eigenvalue weighted by molar-refractivity contribution is -0.132. The molecular formula is C26H18ClN3O4S. The summed E-state index contributed by atoms with van der Waals surface area (Å²) in [6.07, 6.45) is 0. The maximum atomic E-state index is 13.2. The van der Waals surface area contributed by atoms with E-state index in [9.17, 15) is 14.7 Å². The van der Waals surface area contributed by atoms with Crippen molar-refractivity contribution in [3.05, 3.63) is 106 Å². The predicted octanol–water partition coefficient (Wildman–Crippen LogP) is 5.92. The fourth-order valence-electron chi connectivity index (χ4n) is 3.86. The third kappa shape index (κ3) is 4.41. The first-order valence-corrected chi connectivity index (χ1v) is 11.8. The highest BCUT2D eigenvalue weighted by atomic mass is 35.5. The summed E-state index contributed by atoms with van der Waals surface area (Å²) in [5, 5.41) is 20.7. The summed E-state index contributed by atoms with van der Waals surface area (Å²) in [7, 11) is 0. The predicted molar refractivity (Wildman–Crippen MR) is 134 cm³/mol. The van der Waals surface area contributed by atoms with Gasteiger partial charge in [0.2, 0.25) is 5.13 Å². The lowest BCUT2D eigenvalue weighted by atomic mass is 9.95.